The zero-order valence-corrected chi connectivity index (χ0v) is 15.3. The lowest BCUT2D eigenvalue weighted by Crippen LogP contribution is -2.44. The van der Waals surface area contributed by atoms with E-state index in [9.17, 15) is 4.39 Å². The van der Waals surface area contributed by atoms with Crippen LogP contribution in [-0.4, -0.2) is 21.1 Å². The van der Waals surface area contributed by atoms with E-state index in [2.05, 4.69) is 21.7 Å². The van der Waals surface area contributed by atoms with E-state index >= 15 is 0 Å². The molecule has 0 saturated carbocycles. The molecule has 0 unspecified atom stereocenters. The Hall–Kier alpha value is -2.66. The van der Waals surface area contributed by atoms with Crippen molar-refractivity contribution in [2.45, 2.75) is 19.5 Å². The van der Waals surface area contributed by atoms with Crippen LogP contribution in [0.4, 0.5) is 10.1 Å². The van der Waals surface area contributed by atoms with Crippen molar-refractivity contribution in [3.8, 4) is 0 Å². The summed E-state index contributed by atoms with van der Waals surface area (Å²) >= 11 is 5.70. The van der Waals surface area contributed by atoms with Gasteiger partial charge in [-0.3, -0.25) is 0 Å². The Morgan fingerprint density at radius 3 is 2.58 bits per heavy atom. The molecule has 132 valence electrons. The molecule has 0 radical (unpaired) electrons. The van der Waals surface area contributed by atoms with Crippen molar-refractivity contribution >= 4 is 23.0 Å². The smallest absolute Gasteiger partial charge is 0.174 e. The minimum Gasteiger partial charge on any atom is -0.348 e. The van der Waals surface area contributed by atoms with Crippen LogP contribution >= 0.6 is 12.2 Å². The number of hydrogen-bond donors (Lipinski definition) is 1. The summed E-state index contributed by atoms with van der Waals surface area (Å²) in [5.41, 5.74) is 3.82. The number of rotatable bonds is 2. The summed E-state index contributed by atoms with van der Waals surface area (Å²) in [5, 5.41) is 3.91. The third-order valence-electron chi connectivity index (χ3n) is 4.80. The van der Waals surface area contributed by atoms with Gasteiger partial charge in [0, 0.05) is 36.2 Å². The van der Waals surface area contributed by atoms with Crippen LogP contribution in [0.2, 0.25) is 0 Å². The minimum absolute atomic E-state index is 0.213. The number of fused-ring (bicyclic) bond motifs is 1. The molecular formula is C21H20FN3S. The molecule has 26 heavy (non-hydrogen) atoms. The summed E-state index contributed by atoms with van der Waals surface area (Å²) in [6.07, 6.45) is 2.04. The molecule has 1 aliphatic rings. The lowest BCUT2D eigenvalue weighted by molar-refractivity contribution is 0.288. The van der Waals surface area contributed by atoms with Gasteiger partial charge in [-0.25, -0.2) is 4.39 Å². The van der Waals surface area contributed by atoms with E-state index in [0.29, 0.717) is 10.7 Å². The van der Waals surface area contributed by atoms with E-state index in [0.717, 1.165) is 24.5 Å². The molecule has 0 aliphatic carbocycles. The fourth-order valence-electron chi connectivity index (χ4n) is 3.46. The van der Waals surface area contributed by atoms with Gasteiger partial charge in [0.15, 0.2) is 5.11 Å². The summed E-state index contributed by atoms with van der Waals surface area (Å²) in [5.74, 6) is -0.213. The molecule has 0 spiro atoms. The van der Waals surface area contributed by atoms with Crippen LogP contribution in [0.25, 0.3) is 0 Å². The van der Waals surface area contributed by atoms with Gasteiger partial charge < -0.3 is 14.8 Å². The highest BCUT2D eigenvalue weighted by Crippen LogP contribution is 2.34. The Labute approximate surface area is 158 Å². The molecule has 0 amide bonds. The maximum atomic E-state index is 14.6. The number of nitrogens with zero attached hydrogens (tertiary/aromatic N) is 2. The van der Waals surface area contributed by atoms with E-state index in [-0.39, 0.29) is 11.9 Å². The SMILES string of the molecule is Cc1ccc(NC(=S)N2CCn3cccc3[C@@H]2c2ccccc2F)cc1. The summed E-state index contributed by atoms with van der Waals surface area (Å²) in [7, 11) is 0. The van der Waals surface area contributed by atoms with Crippen LogP contribution in [0.3, 0.4) is 0 Å². The fourth-order valence-corrected chi connectivity index (χ4v) is 3.77. The first-order valence-electron chi connectivity index (χ1n) is 8.67. The number of aryl methyl sites for hydroxylation is 1. The average Bonchev–Trinajstić information content (AvgIpc) is 3.12. The first-order valence-corrected chi connectivity index (χ1v) is 9.08. The van der Waals surface area contributed by atoms with Crippen molar-refractivity contribution in [1.82, 2.24) is 9.47 Å². The highest BCUT2D eigenvalue weighted by atomic mass is 32.1. The van der Waals surface area contributed by atoms with Gasteiger partial charge in [-0.1, -0.05) is 35.9 Å². The molecule has 1 aliphatic heterocycles. The number of halogens is 1. The van der Waals surface area contributed by atoms with Crippen LogP contribution in [0.1, 0.15) is 22.9 Å². The van der Waals surface area contributed by atoms with Crippen LogP contribution in [-0.2, 0) is 6.54 Å². The molecule has 1 atom stereocenters. The third-order valence-corrected chi connectivity index (χ3v) is 5.14. The molecule has 0 fully saturated rings. The molecule has 3 aromatic rings. The zero-order valence-electron chi connectivity index (χ0n) is 14.5. The lowest BCUT2D eigenvalue weighted by atomic mass is 10.00. The van der Waals surface area contributed by atoms with Crippen molar-refractivity contribution in [2.24, 2.45) is 0 Å². The largest absolute Gasteiger partial charge is 0.348 e. The van der Waals surface area contributed by atoms with Gasteiger partial charge in [0.1, 0.15) is 5.82 Å². The number of aromatic nitrogens is 1. The third kappa shape index (κ3) is 3.10. The molecule has 3 nitrogen and oxygen atoms in total. The molecule has 1 N–H and O–H groups in total. The van der Waals surface area contributed by atoms with Crippen molar-refractivity contribution in [1.29, 1.82) is 0 Å². The first-order chi connectivity index (χ1) is 12.6. The highest BCUT2D eigenvalue weighted by molar-refractivity contribution is 7.80. The van der Waals surface area contributed by atoms with Crippen molar-refractivity contribution in [3.63, 3.8) is 0 Å². The predicted molar refractivity (Wildman–Crippen MR) is 107 cm³/mol. The van der Waals surface area contributed by atoms with Gasteiger partial charge >= 0.3 is 0 Å². The van der Waals surface area contributed by atoms with Crippen LogP contribution in [0.15, 0.2) is 66.9 Å². The van der Waals surface area contributed by atoms with E-state index in [4.69, 9.17) is 12.2 Å². The Morgan fingerprint density at radius 1 is 1.04 bits per heavy atom. The van der Waals surface area contributed by atoms with Crippen molar-refractivity contribution in [3.05, 3.63) is 89.5 Å². The highest BCUT2D eigenvalue weighted by Gasteiger charge is 2.32. The van der Waals surface area contributed by atoms with Gasteiger partial charge in [-0.15, -0.1) is 0 Å². The molecule has 0 saturated heterocycles. The molecule has 5 heteroatoms. The van der Waals surface area contributed by atoms with E-state index < -0.39 is 0 Å². The van der Waals surface area contributed by atoms with Crippen LogP contribution in [0.5, 0.6) is 0 Å². The predicted octanol–water partition coefficient (Wildman–Crippen LogP) is 4.74. The summed E-state index contributed by atoms with van der Waals surface area (Å²) in [6, 6.07) is 18.8. The van der Waals surface area contributed by atoms with Crippen LogP contribution in [0, 0.1) is 12.7 Å². The summed E-state index contributed by atoms with van der Waals surface area (Å²) < 4.78 is 16.8. The Balaban J connectivity index is 1.69. The molecule has 2 aromatic carbocycles. The number of hydrogen-bond acceptors (Lipinski definition) is 1. The van der Waals surface area contributed by atoms with Crippen molar-refractivity contribution < 1.29 is 4.39 Å². The molecular weight excluding hydrogens is 345 g/mol. The first kappa shape index (κ1) is 16.8. The Kier molecular flexibility index (Phi) is 4.47. The van der Waals surface area contributed by atoms with Gasteiger partial charge in [0.05, 0.1) is 6.04 Å². The number of thiocarbonyl (C=S) groups is 1. The summed E-state index contributed by atoms with van der Waals surface area (Å²) in [6.45, 7) is 3.59. The Morgan fingerprint density at radius 2 is 1.81 bits per heavy atom. The Bertz CT molecular complexity index is 932. The second-order valence-corrected chi connectivity index (χ2v) is 6.93. The average molecular weight is 365 g/mol. The second-order valence-electron chi connectivity index (χ2n) is 6.54. The maximum absolute atomic E-state index is 14.6. The fraction of sp³-hybridized carbons (Fsp3) is 0.190. The van der Waals surface area contributed by atoms with Crippen molar-refractivity contribution in [2.75, 3.05) is 11.9 Å². The zero-order chi connectivity index (χ0) is 18.1. The lowest BCUT2D eigenvalue weighted by Gasteiger charge is -2.39. The van der Waals surface area contributed by atoms with Gasteiger partial charge in [0.25, 0.3) is 0 Å². The monoisotopic (exact) mass is 365 g/mol. The number of benzene rings is 2. The van der Waals surface area contributed by atoms with Gasteiger partial charge in [0.2, 0.25) is 0 Å². The quantitative estimate of drug-likeness (QED) is 0.663. The topological polar surface area (TPSA) is 20.2 Å². The molecule has 4 rings (SSSR count). The van der Waals surface area contributed by atoms with E-state index in [1.165, 1.54) is 11.6 Å². The second kappa shape index (κ2) is 6.92. The molecule has 1 aromatic heterocycles. The number of nitrogens with one attached hydrogen (secondary N) is 1. The maximum Gasteiger partial charge on any atom is 0.174 e. The minimum atomic E-state index is -0.245. The van der Waals surface area contributed by atoms with Gasteiger partial charge in [-0.05, 0) is 49.5 Å². The van der Waals surface area contributed by atoms with E-state index in [1.54, 1.807) is 6.07 Å². The summed E-state index contributed by atoms with van der Waals surface area (Å²) in [4.78, 5) is 2.07. The van der Waals surface area contributed by atoms with Crippen LogP contribution < -0.4 is 5.32 Å². The van der Waals surface area contributed by atoms with E-state index in [1.807, 2.05) is 54.7 Å². The molecule has 0 bridgehead atoms. The van der Waals surface area contributed by atoms with Gasteiger partial charge in [-0.2, -0.15) is 0 Å². The molecule has 2 heterocycles. The normalized spacial score (nSPS) is 16.2. The standard InChI is InChI=1S/C21H20FN3S/c1-15-8-10-16(11-9-15)23-21(26)25-14-13-24-12-4-7-19(24)20(25)17-5-2-3-6-18(17)22/h2-12,20H,13-14H2,1H3,(H,23,26)/t20-/m0/s1. The number of anilines is 1.